The Balaban J connectivity index is 3.72. The van der Waals surface area contributed by atoms with Gasteiger partial charge >= 0.3 is 0 Å². The van der Waals surface area contributed by atoms with E-state index in [9.17, 15) is 18.5 Å². The predicted molar refractivity (Wildman–Crippen MR) is 55.9 cm³/mol. The van der Waals surface area contributed by atoms with Gasteiger partial charge in [-0.3, -0.25) is 10.1 Å². The highest BCUT2D eigenvalue weighted by molar-refractivity contribution is 8.13. The van der Waals surface area contributed by atoms with E-state index in [0.717, 1.165) is 6.07 Å². The van der Waals surface area contributed by atoms with Crippen molar-refractivity contribution in [3.63, 3.8) is 0 Å². The van der Waals surface area contributed by atoms with Gasteiger partial charge in [0.1, 0.15) is 0 Å². The van der Waals surface area contributed by atoms with Crippen molar-refractivity contribution >= 4 is 37.0 Å². The molecule has 0 aromatic heterocycles. The number of benzene rings is 1. The lowest BCUT2D eigenvalue weighted by atomic mass is 10.2. The number of nitrogens with zero attached hydrogens (tertiary/aromatic N) is 1. The summed E-state index contributed by atoms with van der Waals surface area (Å²) in [6, 6.07) is 2.26. The zero-order valence-corrected chi connectivity index (χ0v) is 9.73. The lowest BCUT2D eigenvalue weighted by Gasteiger charge is -2.04. The van der Waals surface area contributed by atoms with Gasteiger partial charge in [0.05, 0.1) is 4.92 Å². The molecule has 8 heteroatoms. The summed E-state index contributed by atoms with van der Waals surface area (Å²) in [6.45, 7) is 1.35. The second kappa shape index (κ2) is 3.96. The van der Waals surface area contributed by atoms with E-state index in [1.165, 1.54) is 13.0 Å². The van der Waals surface area contributed by atoms with Crippen molar-refractivity contribution < 1.29 is 13.3 Å². The Kier molecular flexibility index (Phi) is 3.22. The van der Waals surface area contributed by atoms with Gasteiger partial charge < -0.3 is 0 Å². The first-order chi connectivity index (χ1) is 6.75. The zero-order chi connectivity index (χ0) is 11.8. The molecule has 0 radical (unpaired) electrons. The van der Waals surface area contributed by atoms with Crippen LogP contribution in [-0.4, -0.2) is 13.3 Å². The molecule has 1 aromatic rings. The van der Waals surface area contributed by atoms with Crippen LogP contribution in [0.1, 0.15) is 5.56 Å². The molecule has 0 bridgehead atoms. The molecule has 0 saturated heterocycles. The molecule has 0 amide bonds. The van der Waals surface area contributed by atoms with Crippen LogP contribution < -0.4 is 0 Å². The maximum absolute atomic E-state index is 11.1. The van der Waals surface area contributed by atoms with Gasteiger partial charge in [0.15, 0.2) is 4.90 Å². The molecular weight excluding hydrogens is 265 g/mol. The summed E-state index contributed by atoms with van der Waals surface area (Å²) in [5.74, 6) is 0. The minimum absolute atomic E-state index is 0.0702. The molecular formula is C7H5Cl2NO4S. The molecule has 0 atom stereocenters. The molecule has 0 saturated carbocycles. The van der Waals surface area contributed by atoms with Gasteiger partial charge in [0, 0.05) is 21.8 Å². The van der Waals surface area contributed by atoms with Gasteiger partial charge in [-0.05, 0) is 18.6 Å². The summed E-state index contributed by atoms with van der Waals surface area (Å²) in [5, 5.41) is 10.7. The number of nitro groups is 1. The molecule has 0 unspecified atom stereocenters. The Morgan fingerprint density at radius 3 is 2.33 bits per heavy atom. The van der Waals surface area contributed by atoms with Crippen LogP contribution in [0.25, 0.3) is 0 Å². The number of hydrogen-bond acceptors (Lipinski definition) is 4. The number of halogens is 2. The maximum Gasteiger partial charge on any atom is 0.289 e. The third-order valence-corrected chi connectivity index (χ3v) is 3.63. The van der Waals surface area contributed by atoms with Gasteiger partial charge in [-0.15, -0.1) is 0 Å². The summed E-state index contributed by atoms with van der Waals surface area (Å²) in [4.78, 5) is 9.20. The molecule has 0 aliphatic carbocycles. The molecule has 0 fully saturated rings. The van der Waals surface area contributed by atoms with E-state index in [4.69, 9.17) is 22.3 Å². The Labute approximate surface area is 95.2 Å². The van der Waals surface area contributed by atoms with Crippen molar-refractivity contribution in [2.75, 3.05) is 0 Å². The van der Waals surface area contributed by atoms with Crippen LogP contribution in [0.2, 0.25) is 5.02 Å². The summed E-state index contributed by atoms with van der Waals surface area (Å²) in [5.41, 5.74) is -0.507. The van der Waals surface area contributed by atoms with E-state index >= 15 is 0 Å². The van der Waals surface area contributed by atoms with E-state index in [0.29, 0.717) is 0 Å². The first-order valence-electron chi connectivity index (χ1n) is 3.63. The summed E-state index contributed by atoms with van der Waals surface area (Å²) >= 11 is 5.65. The first-order valence-corrected chi connectivity index (χ1v) is 6.32. The van der Waals surface area contributed by atoms with Gasteiger partial charge in [-0.2, -0.15) is 0 Å². The summed E-state index contributed by atoms with van der Waals surface area (Å²) in [7, 11) is 0.909. The average Bonchev–Trinajstić information content (AvgIpc) is 2.06. The van der Waals surface area contributed by atoms with Crippen molar-refractivity contribution in [1.29, 1.82) is 0 Å². The van der Waals surface area contributed by atoms with Crippen molar-refractivity contribution in [3.8, 4) is 0 Å². The molecule has 0 aliphatic rings. The topological polar surface area (TPSA) is 77.3 Å². The first kappa shape index (κ1) is 12.2. The Morgan fingerprint density at radius 1 is 1.40 bits per heavy atom. The van der Waals surface area contributed by atoms with Crippen LogP contribution in [0.3, 0.4) is 0 Å². The second-order valence-electron chi connectivity index (χ2n) is 2.72. The zero-order valence-electron chi connectivity index (χ0n) is 7.40. The van der Waals surface area contributed by atoms with Crippen LogP contribution in [-0.2, 0) is 9.05 Å². The molecule has 0 aliphatic heterocycles. The van der Waals surface area contributed by atoms with Gasteiger partial charge in [-0.25, -0.2) is 8.42 Å². The van der Waals surface area contributed by atoms with Gasteiger partial charge in [0.2, 0.25) is 0 Å². The van der Waals surface area contributed by atoms with Crippen molar-refractivity contribution in [3.05, 3.63) is 32.8 Å². The molecule has 1 rings (SSSR count). The quantitative estimate of drug-likeness (QED) is 0.470. The summed E-state index contributed by atoms with van der Waals surface area (Å²) < 4.78 is 22.3. The third kappa shape index (κ3) is 2.39. The standard InChI is InChI=1S/C7H5Cl2NO4S/c1-4-5(8)2-3-6(10(11)12)7(4)15(9,13)14/h2-3H,1H3. The largest absolute Gasteiger partial charge is 0.289 e. The molecule has 82 valence electrons. The van der Waals surface area contributed by atoms with Crippen molar-refractivity contribution in [1.82, 2.24) is 0 Å². The maximum atomic E-state index is 11.1. The Bertz CT molecular complexity index is 526. The molecule has 5 nitrogen and oxygen atoms in total. The Hall–Kier alpha value is -0.850. The monoisotopic (exact) mass is 269 g/mol. The minimum atomic E-state index is -4.19. The molecule has 0 N–H and O–H groups in total. The van der Waals surface area contributed by atoms with E-state index < -0.39 is 24.6 Å². The fourth-order valence-electron chi connectivity index (χ4n) is 1.10. The molecule has 0 heterocycles. The van der Waals surface area contributed by atoms with E-state index in [-0.39, 0.29) is 10.6 Å². The van der Waals surface area contributed by atoms with E-state index in [2.05, 4.69) is 0 Å². The van der Waals surface area contributed by atoms with E-state index in [1.54, 1.807) is 0 Å². The molecule has 0 spiro atoms. The number of nitro benzene ring substituents is 1. The van der Waals surface area contributed by atoms with Crippen LogP contribution >= 0.6 is 22.3 Å². The average molecular weight is 270 g/mol. The number of hydrogen-bond donors (Lipinski definition) is 0. The second-order valence-corrected chi connectivity index (χ2v) is 5.63. The van der Waals surface area contributed by atoms with Crippen LogP contribution in [0, 0.1) is 17.0 Å². The van der Waals surface area contributed by atoms with Gasteiger partial charge in [0.25, 0.3) is 14.7 Å². The molecule has 1 aromatic carbocycles. The van der Waals surface area contributed by atoms with Crippen molar-refractivity contribution in [2.24, 2.45) is 0 Å². The normalized spacial score (nSPS) is 11.4. The highest BCUT2D eigenvalue weighted by atomic mass is 35.7. The number of rotatable bonds is 2. The lowest BCUT2D eigenvalue weighted by molar-refractivity contribution is -0.387. The van der Waals surface area contributed by atoms with Crippen LogP contribution in [0.5, 0.6) is 0 Å². The highest BCUT2D eigenvalue weighted by Crippen LogP contribution is 2.33. The van der Waals surface area contributed by atoms with Crippen LogP contribution in [0.4, 0.5) is 5.69 Å². The van der Waals surface area contributed by atoms with Crippen molar-refractivity contribution in [2.45, 2.75) is 11.8 Å². The molecule has 15 heavy (non-hydrogen) atoms. The van der Waals surface area contributed by atoms with Gasteiger partial charge in [-0.1, -0.05) is 11.6 Å². The third-order valence-electron chi connectivity index (χ3n) is 1.76. The van der Waals surface area contributed by atoms with Crippen LogP contribution in [0.15, 0.2) is 17.0 Å². The SMILES string of the molecule is Cc1c(Cl)ccc([N+](=O)[O-])c1S(=O)(=O)Cl. The fraction of sp³-hybridized carbons (Fsp3) is 0.143. The smallest absolute Gasteiger partial charge is 0.258 e. The van der Waals surface area contributed by atoms with E-state index in [1.807, 2.05) is 0 Å². The highest BCUT2D eigenvalue weighted by Gasteiger charge is 2.27. The lowest BCUT2D eigenvalue weighted by Crippen LogP contribution is -2.01. The predicted octanol–water partition coefficient (Wildman–Crippen LogP) is 2.48. The summed E-state index contributed by atoms with van der Waals surface area (Å²) in [6.07, 6.45) is 0. The Morgan fingerprint density at radius 2 is 1.93 bits per heavy atom. The minimum Gasteiger partial charge on any atom is -0.258 e. The fourth-order valence-corrected chi connectivity index (χ4v) is 2.77.